The lowest BCUT2D eigenvalue weighted by Crippen LogP contribution is -2.07. The Hall–Kier alpha value is -2.95. The number of carboxylic acid groups (broad SMARTS) is 1. The average molecular weight is 434 g/mol. The maximum Gasteiger partial charge on any atom is 0.335 e. The van der Waals surface area contributed by atoms with Gasteiger partial charge in [0, 0.05) is 12.8 Å². The first-order chi connectivity index (χ1) is 15.6. The van der Waals surface area contributed by atoms with Gasteiger partial charge in [-0.1, -0.05) is 75.9 Å². The van der Waals surface area contributed by atoms with E-state index >= 15 is 0 Å². The molecule has 32 heavy (non-hydrogen) atoms. The fourth-order valence-electron chi connectivity index (χ4n) is 3.85. The summed E-state index contributed by atoms with van der Waals surface area (Å²) in [5.41, 5.74) is 3.85. The van der Waals surface area contributed by atoms with Crippen molar-refractivity contribution in [2.75, 3.05) is 0 Å². The first-order valence-electron chi connectivity index (χ1n) is 11.9. The molecule has 1 N–H and O–H groups in total. The van der Waals surface area contributed by atoms with Gasteiger partial charge in [0.1, 0.15) is 5.82 Å². The van der Waals surface area contributed by atoms with Gasteiger partial charge in [-0.2, -0.15) is 5.10 Å². The molecule has 1 heterocycles. The molecule has 0 fully saturated rings. The monoisotopic (exact) mass is 433 g/mol. The van der Waals surface area contributed by atoms with Crippen molar-refractivity contribution in [1.29, 1.82) is 0 Å². The van der Waals surface area contributed by atoms with Crippen LogP contribution in [0.3, 0.4) is 0 Å². The number of aryl methyl sites for hydroxylation is 2. The Labute approximate surface area is 191 Å². The van der Waals surface area contributed by atoms with Crippen LogP contribution in [-0.4, -0.2) is 25.8 Å². The first kappa shape index (κ1) is 23.7. The second-order valence-electron chi connectivity index (χ2n) is 8.51. The van der Waals surface area contributed by atoms with Crippen LogP contribution in [0.25, 0.3) is 0 Å². The van der Waals surface area contributed by atoms with E-state index in [0.717, 1.165) is 55.9 Å². The highest BCUT2D eigenvalue weighted by molar-refractivity contribution is 5.87. The van der Waals surface area contributed by atoms with E-state index in [1.54, 1.807) is 12.1 Å². The van der Waals surface area contributed by atoms with E-state index < -0.39 is 5.97 Å². The summed E-state index contributed by atoms with van der Waals surface area (Å²) < 4.78 is 2.09. The van der Waals surface area contributed by atoms with Crippen molar-refractivity contribution < 1.29 is 9.90 Å². The number of nitrogens with zero attached hydrogens (tertiary/aromatic N) is 3. The van der Waals surface area contributed by atoms with Crippen molar-refractivity contribution in [1.82, 2.24) is 14.8 Å². The van der Waals surface area contributed by atoms with Crippen LogP contribution in [0.1, 0.15) is 91.1 Å². The van der Waals surface area contributed by atoms with Crippen LogP contribution in [0, 0.1) is 0 Å². The standard InChI is InChI=1S/C27H35N3O2/c1-3-5-7-9-25-28-26(10-8-6-4-2)30(29-25)20-23-13-11-21(12-14-23)19-22-15-17-24(18-16-22)27(31)32/h11-18H,3-10,19-20H2,1-2H3,(H,31,32). The molecule has 0 radical (unpaired) electrons. The molecule has 0 saturated heterocycles. The Morgan fingerprint density at radius 3 is 1.97 bits per heavy atom. The van der Waals surface area contributed by atoms with Gasteiger partial charge in [0.05, 0.1) is 12.1 Å². The third-order valence-corrected chi connectivity index (χ3v) is 5.76. The zero-order valence-corrected chi connectivity index (χ0v) is 19.4. The molecule has 5 nitrogen and oxygen atoms in total. The summed E-state index contributed by atoms with van der Waals surface area (Å²) >= 11 is 0. The maximum absolute atomic E-state index is 11.0. The zero-order chi connectivity index (χ0) is 22.8. The molecule has 3 rings (SSSR count). The molecule has 1 aromatic heterocycles. The van der Waals surface area contributed by atoms with Gasteiger partial charge in [0.25, 0.3) is 0 Å². The minimum absolute atomic E-state index is 0.320. The van der Waals surface area contributed by atoms with Crippen LogP contribution in [-0.2, 0) is 25.8 Å². The van der Waals surface area contributed by atoms with E-state index in [4.69, 9.17) is 15.2 Å². The van der Waals surface area contributed by atoms with E-state index in [0.29, 0.717) is 5.56 Å². The fourth-order valence-corrected chi connectivity index (χ4v) is 3.85. The molecule has 0 aliphatic heterocycles. The lowest BCUT2D eigenvalue weighted by atomic mass is 10.0. The zero-order valence-electron chi connectivity index (χ0n) is 19.4. The minimum atomic E-state index is -0.892. The molecule has 0 spiro atoms. The van der Waals surface area contributed by atoms with E-state index in [-0.39, 0.29) is 0 Å². The molecule has 0 aliphatic rings. The smallest absolute Gasteiger partial charge is 0.335 e. The van der Waals surface area contributed by atoms with Gasteiger partial charge in [-0.3, -0.25) is 0 Å². The Balaban J connectivity index is 1.65. The molecular weight excluding hydrogens is 398 g/mol. The Morgan fingerprint density at radius 2 is 1.38 bits per heavy atom. The lowest BCUT2D eigenvalue weighted by molar-refractivity contribution is 0.0697. The van der Waals surface area contributed by atoms with Gasteiger partial charge in [-0.15, -0.1) is 0 Å². The Kier molecular flexibility index (Phi) is 9.02. The van der Waals surface area contributed by atoms with E-state index in [1.165, 1.54) is 36.8 Å². The Morgan fingerprint density at radius 1 is 0.812 bits per heavy atom. The number of unbranched alkanes of at least 4 members (excludes halogenated alkanes) is 4. The summed E-state index contributed by atoms with van der Waals surface area (Å²) in [6.45, 7) is 5.19. The average Bonchev–Trinajstić information content (AvgIpc) is 3.17. The molecule has 0 bridgehead atoms. The van der Waals surface area contributed by atoms with Crippen LogP contribution in [0.15, 0.2) is 48.5 Å². The SMILES string of the molecule is CCCCCc1nc(CCCCC)n(Cc2ccc(Cc3ccc(C(=O)O)cc3)cc2)n1. The van der Waals surface area contributed by atoms with Crippen molar-refractivity contribution in [2.45, 2.75) is 78.2 Å². The minimum Gasteiger partial charge on any atom is -0.478 e. The number of carboxylic acids is 1. The van der Waals surface area contributed by atoms with Crippen LogP contribution in [0.2, 0.25) is 0 Å². The van der Waals surface area contributed by atoms with Gasteiger partial charge in [-0.25, -0.2) is 14.5 Å². The normalized spacial score (nSPS) is 11.1. The Bertz CT molecular complexity index is 975. The highest BCUT2D eigenvalue weighted by Crippen LogP contribution is 2.15. The number of rotatable bonds is 13. The fraction of sp³-hybridized carbons (Fsp3) is 0.444. The second kappa shape index (κ2) is 12.2. The summed E-state index contributed by atoms with van der Waals surface area (Å²) in [7, 11) is 0. The molecule has 0 atom stereocenters. The molecule has 170 valence electrons. The predicted molar refractivity (Wildman–Crippen MR) is 128 cm³/mol. The number of aromatic nitrogens is 3. The third kappa shape index (κ3) is 7.04. The molecule has 0 aliphatic carbocycles. The van der Waals surface area contributed by atoms with E-state index in [1.807, 2.05) is 12.1 Å². The highest BCUT2D eigenvalue weighted by atomic mass is 16.4. The second-order valence-corrected chi connectivity index (χ2v) is 8.51. The van der Waals surface area contributed by atoms with Gasteiger partial charge < -0.3 is 5.11 Å². The van der Waals surface area contributed by atoms with Crippen molar-refractivity contribution in [3.05, 3.63) is 82.4 Å². The number of hydrogen-bond donors (Lipinski definition) is 1. The number of hydrogen-bond acceptors (Lipinski definition) is 3. The van der Waals surface area contributed by atoms with Gasteiger partial charge >= 0.3 is 5.97 Å². The predicted octanol–water partition coefficient (Wildman–Crippen LogP) is 6.08. The van der Waals surface area contributed by atoms with E-state index in [9.17, 15) is 4.79 Å². The summed E-state index contributed by atoms with van der Waals surface area (Å²) in [5, 5.41) is 13.9. The molecular formula is C27H35N3O2. The summed E-state index contributed by atoms with van der Waals surface area (Å²) in [6, 6.07) is 15.7. The lowest BCUT2D eigenvalue weighted by Gasteiger charge is -2.08. The van der Waals surface area contributed by atoms with Gasteiger partial charge in [-0.05, 0) is 48.1 Å². The van der Waals surface area contributed by atoms with Crippen LogP contribution < -0.4 is 0 Å². The summed E-state index contributed by atoms with van der Waals surface area (Å²) in [5.74, 6) is 1.19. The van der Waals surface area contributed by atoms with Crippen molar-refractivity contribution >= 4 is 5.97 Å². The number of aromatic carboxylic acids is 1. The van der Waals surface area contributed by atoms with Crippen molar-refractivity contribution in [2.24, 2.45) is 0 Å². The quantitative estimate of drug-likeness (QED) is 0.332. The van der Waals surface area contributed by atoms with Crippen LogP contribution in [0.5, 0.6) is 0 Å². The highest BCUT2D eigenvalue weighted by Gasteiger charge is 2.11. The van der Waals surface area contributed by atoms with Crippen LogP contribution in [0.4, 0.5) is 0 Å². The number of benzene rings is 2. The van der Waals surface area contributed by atoms with Crippen molar-refractivity contribution in [3.8, 4) is 0 Å². The molecule has 2 aromatic carbocycles. The molecule has 0 saturated carbocycles. The molecule has 3 aromatic rings. The van der Waals surface area contributed by atoms with E-state index in [2.05, 4.69) is 42.8 Å². The summed E-state index contributed by atoms with van der Waals surface area (Å²) in [4.78, 5) is 15.9. The first-order valence-corrected chi connectivity index (χ1v) is 11.9. The number of carbonyl (C=O) groups is 1. The van der Waals surface area contributed by atoms with Crippen molar-refractivity contribution in [3.63, 3.8) is 0 Å². The summed E-state index contributed by atoms with van der Waals surface area (Å²) in [6.07, 6.45) is 9.90. The van der Waals surface area contributed by atoms with Gasteiger partial charge in [0.15, 0.2) is 5.82 Å². The van der Waals surface area contributed by atoms with Crippen LogP contribution >= 0.6 is 0 Å². The molecule has 0 amide bonds. The maximum atomic E-state index is 11.0. The third-order valence-electron chi connectivity index (χ3n) is 5.76. The topological polar surface area (TPSA) is 68.0 Å². The molecule has 5 heteroatoms. The van der Waals surface area contributed by atoms with Gasteiger partial charge in [0.2, 0.25) is 0 Å². The molecule has 0 unspecified atom stereocenters. The largest absolute Gasteiger partial charge is 0.478 e.